The minimum atomic E-state index is -4.80. The fourth-order valence-electron chi connectivity index (χ4n) is 0.290. The topological polar surface area (TPSA) is 162 Å². The summed E-state index contributed by atoms with van der Waals surface area (Å²) in [6, 6.07) is 0. The Morgan fingerprint density at radius 3 is 2.62 bits per heavy atom. The van der Waals surface area contributed by atoms with Gasteiger partial charge in [0.1, 0.15) is 0 Å². The molecule has 11 heteroatoms. The Morgan fingerprint density at radius 1 is 1.77 bits per heavy atom. The quantitative estimate of drug-likeness (QED) is 0.157. The lowest BCUT2D eigenvalue weighted by Gasteiger charge is -2.00. The molecule has 0 amide bonds. The standard InChI is InChI=1S/C2H2N6O4S/c3-1-8(7-6-4)13(10,11)2(9)12-5/h5H2. The van der Waals surface area contributed by atoms with Gasteiger partial charge in [-0.05, 0) is 4.41 Å². The van der Waals surface area contributed by atoms with Crippen molar-refractivity contribution < 1.29 is 18.0 Å². The van der Waals surface area contributed by atoms with Gasteiger partial charge in [-0.15, -0.1) is 10.8 Å². The monoisotopic (exact) mass is 206 g/mol. The molecule has 0 aromatic rings. The summed E-state index contributed by atoms with van der Waals surface area (Å²) < 4.78 is 21.1. The van der Waals surface area contributed by atoms with Gasteiger partial charge in [0.15, 0.2) is 0 Å². The van der Waals surface area contributed by atoms with Gasteiger partial charge in [0.25, 0.3) is 0 Å². The average molecular weight is 206 g/mol. The van der Waals surface area contributed by atoms with Crippen LogP contribution in [-0.4, -0.2) is 18.1 Å². The summed E-state index contributed by atoms with van der Waals surface area (Å²) in [5.41, 5.74) is 7.80. The molecule has 0 fully saturated rings. The molecular formula is C2H2N6O4S. The first kappa shape index (κ1) is 11.0. The van der Waals surface area contributed by atoms with Crippen LogP contribution in [0.5, 0.6) is 0 Å². The molecule has 0 atom stereocenters. The van der Waals surface area contributed by atoms with Crippen LogP contribution < -0.4 is 5.90 Å². The van der Waals surface area contributed by atoms with Crippen molar-refractivity contribution in [3.63, 3.8) is 0 Å². The number of azide groups is 1. The minimum absolute atomic E-state index is 0.470. The molecule has 2 N–H and O–H groups in total. The second-order valence-corrected chi connectivity index (χ2v) is 3.02. The van der Waals surface area contributed by atoms with Gasteiger partial charge in [0.05, 0.1) is 0 Å². The second kappa shape index (κ2) is 4.12. The summed E-state index contributed by atoms with van der Waals surface area (Å²) in [7, 11) is -4.80. The highest BCUT2D eigenvalue weighted by molar-refractivity contribution is 8.03. The van der Waals surface area contributed by atoms with E-state index >= 15 is 0 Å². The molecule has 0 heterocycles. The smallest absolute Gasteiger partial charge is 0.359 e. The van der Waals surface area contributed by atoms with Gasteiger partial charge >= 0.3 is 21.5 Å². The third-order valence-electron chi connectivity index (χ3n) is 0.741. The predicted octanol–water partition coefficient (Wildman–Crippen LogP) is -0.665. The third-order valence-corrected chi connectivity index (χ3v) is 1.87. The molecule has 0 rings (SSSR count). The average Bonchev–Trinajstić information content (AvgIpc) is 2.12. The minimum Gasteiger partial charge on any atom is -0.359 e. The molecule has 0 saturated carbocycles. The van der Waals surface area contributed by atoms with Crippen molar-refractivity contribution in [1.29, 1.82) is 5.26 Å². The van der Waals surface area contributed by atoms with E-state index in [2.05, 4.69) is 16.0 Å². The molecule has 0 aliphatic rings. The van der Waals surface area contributed by atoms with Crippen molar-refractivity contribution in [3.05, 3.63) is 10.4 Å². The summed E-state index contributed by atoms with van der Waals surface area (Å²) >= 11 is 0. The molecule has 70 valence electrons. The second-order valence-electron chi connectivity index (χ2n) is 1.39. The predicted molar refractivity (Wildman–Crippen MR) is 36.2 cm³/mol. The van der Waals surface area contributed by atoms with E-state index in [0.717, 1.165) is 6.19 Å². The largest absolute Gasteiger partial charge is 0.486 e. The van der Waals surface area contributed by atoms with Crippen LogP contribution in [0, 0.1) is 11.5 Å². The normalized spacial score (nSPS) is 9.23. The SMILES string of the molecule is N#CN(N=[N+]=[N-])S(=O)(=O)C(=O)ON. The number of nitrogens with zero attached hydrogens (tertiary/aromatic N) is 5. The zero-order chi connectivity index (χ0) is 10.5. The summed E-state index contributed by atoms with van der Waals surface area (Å²) in [5, 5.41) is 8.61. The molecule has 0 aromatic carbocycles. The molecule has 0 aliphatic heterocycles. The van der Waals surface area contributed by atoms with E-state index in [1.165, 1.54) is 0 Å². The van der Waals surface area contributed by atoms with E-state index < -0.39 is 19.7 Å². The van der Waals surface area contributed by atoms with E-state index in [9.17, 15) is 13.2 Å². The molecule has 10 nitrogen and oxygen atoms in total. The van der Waals surface area contributed by atoms with Crippen LogP contribution in [0.15, 0.2) is 5.22 Å². The summed E-state index contributed by atoms with van der Waals surface area (Å²) in [6.07, 6.45) is 0.927. The molecule has 0 radical (unpaired) electrons. The van der Waals surface area contributed by atoms with E-state index in [1.807, 2.05) is 4.91 Å². The molecule has 0 aliphatic carbocycles. The molecule has 0 unspecified atom stereocenters. The zero-order valence-corrected chi connectivity index (χ0v) is 6.67. The molecule has 0 aromatic heterocycles. The van der Waals surface area contributed by atoms with Crippen molar-refractivity contribution in [2.75, 3.05) is 0 Å². The summed E-state index contributed by atoms with van der Waals surface area (Å²) in [5.74, 6) is 4.25. The number of sulfonamides is 1. The van der Waals surface area contributed by atoms with Crippen molar-refractivity contribution in [3.8, 4) is 6.19 Å². The Kier molecular flexibility index (Phi) is 3.48. The Bertz CT molecular complexity index is 385. The van der Waals surface area contributed by atoms with Gasteiger partial charge in [0.2, 0.25) is 0 Å². The van der Waals surface area contributed by atoms with Crippen LogP contribution in [0.4, 0.5) is 4.79 Å². The lowest BCUT2D eigenvalue weighted by Crippen LogP contribution is -2.30. The Balaban J connectivity index is 5.16. The highest BCUT2D eigenvalue weighted by Crippen LogP contribution is 2.03. The maximum Gasteiger partial charge on any atom is 0.486 e. The van der Waals surface area contributed by atoms with Crippen LogP contribution >= 0.6 is 0 Å². The number of carbonyl (C=O) groups excluding carboxylic acids is 1. The molecule has 0 bridgehead atoms. The van der Waals surface area contributed by atoms with Crippen molar-refractivity contribution >= 4 is 15.3 Å². The van der Waals surface area contributed by atoms with Crippen molar-refractivity contribution in [2.45, 2.75) is 0 Å². The highest BCUT2D eigenvalue weighted by atomic mass is 32.2. The maximum absolute atomic E-state index is 10.8. The summed E-state index contributed by atoms with van der Waals surface area (Å²) in [4.78, 5) is 15.7. The molecule has 0 spiro atoms. The van der Waals surface area contributed by atoms with Gasteiger partial charge in [-0.25, -0.2) is 4.79 Å². The van der Waals surface area contributed by atoms with Crippen LogP contribution in [0.3, 0.4) is 0 Å². The lowest BCUT2D eigenvalue weighted by molar-refractivity contribution is 0.173. The van der Waals surface area contributed by atoms with Gasteiger partial charge in [-0.1, -0.05) is 0 Å². The molecular weight excluding hydrogens is 204 g/mol. The number of hydrogen-bond donors (Lipinski definition) is 1. The lowest BCUT2D eigenvalue weighted by atomic mass is 11.4. The van der Waals surface area contributed by atoms with Gasteiger partial charge < -0.3 is 4.84 Å². The van der Waals surface area contributed by atoms with E-state index in [4.69, 9.17) is 10.8 Å². The maximum atomic E-state index is 10.8. The van der Waals surface area contributed by atoms with Crippen LogP contribution in [0.25, 0.3) is 10.4 Å². The van der Waals surface area contributed by atoms with Gasteiger partial charge in [0, 0.05) is 5.22 Å². The number of hydrogen-bond acceptors (Lipinski definition) is 7. The Labute approximate surface area is 71.7 Å². The fourth-order valence-corrected chi connectivity index (χ4v) is 0.789. The first-order valence-corrected chi connectivity index (χ1v) is 3.85. The number of carbonyl (C=O) groups is 1. The fraction of sp³-hybridized carbons (Fsp3) is 0. The van der Waals surface area contributed by atoms with Crippen molar-refractivity contribution in [1.82, 2.24) is 4.41 Å². The van der Waals surface area contributed by atoms with Crippen molar-refractivity contribution in [2.24, 2.45) is 11.1 Å². The van der Waals surface area contributed by atoms with E-state index in [0.29, 0.717) is 0 Å². The first-order chi connectivity index (χ1) is 6.00. The van der Waals surface area contributed by atoms with E-state index in [1.54, 1.807) is 0 Å². The van der Waals surface area contributed by atoms with E-state index in [-0.39, 0.29) is 0 Å². The number of rotatable bonds is 2. The molecule has 13 heavy (non-hydrogen) atoms. The Morgan fingerprint density at radius 2 is 2.31 bits per heavy atom. The molecule has 0 saturated heterocycles. The zero-order valence-electron chi connectivity index (χ0n) is 5.85. The highest BCUT2D eigenvalue weighted by Gasteiger charge is 2.36. The van der Waals surface area contributed by atoms with Gasteiger partial charge in [-0.2, -0.15) is 19.2 Å². The Hall–Kier alpha value is -2.02. The van der Waals surface area contributed by atoms with Gasteiger partial charge in [-0.3, -0.25) is 0 Å². The van der Waals surface area contributed by atoms with Crippen LogP contribution in [0.1, 0.15) is 0 Å². The van der Waals surface area contributed by atoms with Crippen LogP contribution in [0.2, 0.25) is 0 Å². The summed E-state index contributed by atoms with van der Waals surface area (Å²) in [6.45, 7) is 0. The number of nitrogens with two attached hydrogens (primary N) is 1. The third kappa shape index (κ3) is 2.20. The first-order valence-electron chi connectivity index (χ1n) is 2.41. The van der Waals surface area contributed by atoms with Crippen LogP contribution in [-0.2, 0) is 14.9 Å². The number of nitriles is 1.